The molecule has 4 aliphatic carbocycles. The van der Waals surface area contributed by atoms with Crippen molar-refractivity contribution < 1.29 is 9.53 Å². The number of rotatable bonds is 6. The Balaban J connectivity index is 1.47. The summed E-state index contributed by atoms with van der Waals surface area (Å²) < 4.78 is 5.38. The first-order chi connectivity index (χ1) is 14.6. The second-order valence-corrected chi connectivity index (χ2v) is 12.8. The highest BCUT2D eigenvalue weighted by atomic mass is 35.5. The van der Waals surface area contributed by atoms with Crippen LogP contribution in [-0.4, -0.2) is 11.5 Å². The molecule has 31 heavy (non-hydrogen) atoms. The topological polar surface area (TPSA) is 26.3 Å². The normalized spacial score (nSPS) is 42.9. The molecular weight excluding hydrogens is 404 g/mol. The van der Waals surface area contributed by atoms with Crippen LogP contribution in [0.1, 0.15) is 105 Å². The van der Waals surface area contributed by atoms with Crippen LogP contribution in [0.5, 0.6) is 0 Å². The average Bonchev–Trinajstić information content (AvgIpc) is 3.05. The van der Waals surface area contributed by atoms with Gasteiger partial charge in [-0.1, -0.05) is 65.5 Å². The molecule has 3 heteroatoms. The molecule has 3 fully saturated rings. The summed E-state index contributed by atoms with van der Waals surface area (Å²) in [6, 6.07) is 0. The maximum absolute atomic E-state index is 11.2. The van der Waals surface area contributed by atoms with Gasteiger partial charge in [0.1, 0.15) is 6.10 Å². The highest BCUT2D eigenvalue weighted by Crippen LogP contribution is 2.67. The van der Waals surface area contributed by atoms with Gasteiger partial charge in [-0.2, -0.15) is 0 Å². The summed E-state index contributed by atoms with van der Waals surface area (Å²) in [7, 11) is 0. The number of fused-ring (bicyclic) bond motifs is 5. The molecule has 0 N–H and O–H groups in total. The summed E-state index contributed by atoms with van der Waals surface area (Å²) in [6.07, 6.45) is 16.7. The fourth-order valence-corrected chi connectivity index (χ4v) is 9.01. The van der Waals surface area contributed by atoms with Gasteiger partial charge in [0.2, 0.25) is 0 Å². The molecule has 176 valence electrons. The fraction of sp³-hybridized carbons (Fsp3) is 0.893. The number of carbonyl (C=O) groups excluding carboxylic acids is 1. The lowest BCUT2D eigenvalue weighted by Gasteiger charge is -2.58. The minimum absolute atomic E-state index is 0.0164. The van der Waals surface area contributed by atoms with E-state index in [-0.39, 0.29) is 6.10 Å². The van der Waals surface area contributed by atoms with E-state index in [0.717, 1.165) is 54.8 Å². The smallest absolute Gasteiger partial charge is 0.404 e. The molecule has 0 amide bonds. The molecule has 0 radical (unpaired) electrons. The Hall–Kier alpha value is -0.500. The van der Waals surface area contributed by atoms with E-state index in [1.165, 1.54) is 51.4 Å². The Bertz CT molecular complexity index is 699. The monoisotopic (exact) mass is 448 g/mol. The predicted octanol–water partition coefficient (Wildman–Crippen LogP) is 8.77. The lowest BCUT2D eigenvalue weighted by Crippen LogP contribution is -2.51. The molecule has 4 rings (SSSR count). The average molecular weight is 449 g/mol. The van der Waals surface area contributed by atoms with E-state index < -0.39 is 5.43 Å². The van der Waals surface area contributed by atoms with Crippen molar-refractivity contribution >= 4 is 17.0 Å². The molecule has 8 atom stereocenters. The minimum Gasteiger partial charge on any atom is -0.450 e. The highest BCUT2D eigenvalue weighted by Gasteiger charge is 2.59. The third-order valence-electron chi connectivity index (χ3n) is 10.5. The molecule has 0 aromatic carbocycles. The van der Waals surface area contributed by atoms with Gasteiger partial charge >= 0.3 is 5.43 Å². The van der Waals surface area contributed by atoms with Crippen LogP contribution in [0.4, 0.5) is 4.79 Å². The summed E-state index contributed by atoms with van der Waals surface area (Å²) in [5, 5.41) is 0. The van der Waals surface area contributed by atoms with Crippen molar-refractivity contribution in [1.82, 2.24) is 0 Å². The van der Waals surface area contributed by atoms with Gasteiger partial charge in [0.25, 0.3) is 0 Å². The van der Waals surface area contributed by atoms with Crippen LogP contribution in [0.25, 0.3) is 0 Å². The molecule has 4 aliphatic rings. The van der Waals surface area contributed by atoms with Crippen LogP contribution in [-0.2, 0) is 4.74 Å². The summed E-state index contributed by atoms with van der Waals surface area (Å²) in [5.74, 6) is 5.19. The van der Waals surface area contributed by atoms with Crippen LogP contribution < -0.4 is 0 Å². The number of ether oxygens (including phenoxy) is 1. The summed E-state index contributed by atoms with van der Waals surface area (Å²) in [6.45, 7) is 12.5. The number of allylic oxidation sites excluding steroid dienone is 1. The third-order valence-corrected chi connectivity index (χ3v) is 10.6. The number of hydrogen-bond donors (Lipinski definition) is 0. The molecule has 0 aromatic heterocycles. The van der Waals surface area contributed by atoms with Crippen LogP contribution in [0.3, 0.4) is 0 Å². The Morgan fingerprint density at radius 3 is 2.58 bits per heavy atom. The van der Waals surface area contributed by atoms with Gasteiger partial charge in [0.05, 0.1) is 0 Å². The van der Waals surface area contributed by atoms with Crippen molar-refractivity contribution in [2.75, 3.05) is 0 Å². The highest BCUT2D eigenvalue weighted by molar-refractivity contribution is 6.61. The van der Waals surface area contributed by atoms with E-state index in [2.05, 4.69) is 40.7 Å². The van der Waals surface area contributed by atoms with E-state index in [9.17, 15) is 4.79 Å². The summed E-state index contributed by atoms with van der Waals surface area (Å²) in [4.78, 5) is 11.2. The van der Waals surface area contributed by atoms with Crippen molar-refractivity contribution in [3.63, 3.8) is 0 Å². The molecule has 0 aromatic rings. The Labute approximate surface area is 195 Å². The lowest BCUT2D eigenvalue weighted by molar-refractivity contribution is -0.0573. The van der Waals surface area contributed by atoms with Crippen molar-refractivity contribution in [3.8, 4) is 0 Å². The predicted molar refractivity (Wildman–Crippen MR) is 129 cm³/mol. The zero-order valence-corrected chi connectivity index (χ0v) is 21.3. The van der Waals surface area contributed by atoms with E-state index in [1.807, 2.05) is 0 Å². The zero-order valence-electron chi connectivity index (χ0n) is 20.6. The molecule has 2 nitrogen and oxygen atoms in total. The van der Waals surface area contributed by atoms with Crippen molar-refractivity contribution in [2.24, 2.45) is 46.3 Å². The van der Waals surface area contributed by atoms with Gasteiger partial charge in [-0.25, -0.2) is 4.79 Å². The van der Waals surface area contributed by atoms with Gasteiger partial charge in [0, 0.05) is 18.0 Å². The summed E-state index contributed by atoms with van der Waals surface area (Å²) in [5.41, 5.74) is 1.77. The molecule has 0 bridgehead atoms. The lowest BCUT2D eigenvalue weighted by atomic mass is 9.47. The Kier molecular flexibility index (Phi) is 6.89. The van der Waals surface area contributed by atoms with Gasteiger partial charge in [-0.3, -0.25) is 0 Å². The number of halogens is 1. The second-order valence-electron chi connectivity index (χ2n) is 12.5. The molecule has 0 aliphatic heterocycles. The molecular formula is C28H45ClO2. The molecule has 0 heterocycles. The van der Waals surface area contributed by atoms with Crippen molar-refractivity contribution in [3.05, 3.63) is 11.6 Å². The molecule has 0 spiro atoms. The third kappa shape index (κ3) is 4.36. The van der Waals surface area contributed by atoms with Gasteiger partial charge in [-0.15, -0.1) is 0 Å². The van der Waals surface area contributed by atoms with Gasteiger partial charge in [-0.05, 0) is 91.3 Å². The largest absolute Gasteiger partial charge is 0.450 e. The van der Waals surface area contributed by atoms with Crippen molar-refractivity contribution in [2.45, 2.75) is 111 Å². The van der Waals surface area contributed by atoms with Crippen LogP contribution in [0, 0.1) is 46.3 Å². The van der Waals surface area contributed by atoms with Crippen LogP contribution in [0.2, 0.25) is 0 Å². The quantitative estimate of drug-likeness (QED) is 0.299. The first-order valence-electron chi connectivity index (χ1n) is 13.2. The van der Waals surface area contributed by atoms with Crippen LogP contribution >= 0.6 is 11.6 Å². The van der Waals surface area contributed by atoms with Crippen molar-refractivity contribution in [1.29, 1.82) is 0 Å². The first-order valence-corrected chi connectivity index (χ1v) is 13.6. The van der Waals surface area contributed by atoms with Gasteiger partial charge in [0.15, 0.2) is 0 Å². The zero-order chi connectivity index (χ0) is 22.4. The molecule has 3 saturated carbocycles. The Morgan fingerprint density at radius 2 is 1.87 bits per heavy atom. The minimum atomic E-state index is -0.643. The second kappa shape index (κ2) is 9.03. The first kappa shape index (κ1) is 23.7. The number of carbonyl (C=O) groups is 1. The van der Waals surface area contributed by atoms with Crippen LogP contribution in [0.15, 0.2) is 11.6 Å². The summed E-state index contributed by atoms with van der Waals surface area (Å²) >= 11 is 5.51. The SMILES string of the molecule is CC(C)CCC[C@@H](C)[C@H]1CC[C@@H]2[C@@H]3CC=C4C[C@H](OC(=O)Cl)CC[C@]4(C)[C@@H]3CC[C@@]21C. The van der Waals surface area contributed by atoms with E-state index in [1.54, 1.807) is 5.57 Å². The maximum Gasteiger partial charge on any atom is 0.404 e. The Morgan fingerprint density at radius 1 is 1.10 bits per heavy atom. The van der Waals surface area contributed by atoms with E-state index in [4.69, 9.17) is 16.3 Å². The van der Waals surface area contributed by atoms with Gasteiger partial charge < -0.3 is 4.74 Å². The number of hydrogen-bond acceptors (Lipinski definition) is 2. The molecule has 0 saturated heterocycles. The fourth-order valence-electron chi connectivity index (χ4n) is 8.88. The standard InChI is InChI=1S/C28H45ClO2/c1-18(2)7-6-8-19(3)23-11-12-24-22-10-9-20-17-21(31-26(29)30)13-15-27(20,4)25(22)14-16-28(23,24)5/h9,18-19,21-25H,6-8,10-17H2,1-5H3/t19-,21-,22+,23-,24-,25-,27+,28-/m1/s1. The van der Waals surface area contributed by atoms with E-state index >= 15 is 0 Å². The van der Waals surface area contributed by atoms with E-state index in [0.29, 0.717) is 10.8 Å². The molecule has 0 unspecified atom stereocenters. The maximum atomic E-state index is 11.2.